The van der Waals surface area contributed by atoms with Gasteiger partial charge in [-0.25, -0.2) is 0 Å². The zero-order valence-electron chi connectivity index (χ0n) is 14.5. The van der Waals surface area contributed by atoms with Crippen molar-refractivity contribution >= 4 is 80.5 Å². The summed E-state index contributed by atoms with van der Waals surface area (Å²) < 4.78 is 0. The minimum absolute atomic E-state index is 0.0272. The van der Waals surface area contributed by atoms with Gasteiger partial charge in [0.15, 0.2) is 0 Å². The van der Waals surface area contributed by atoms with Crippen molar-refractivity contribution in [3.05, 3.63) is 101 Å². The highest BCUT2D eigenvalue weighted by Gasteiger charge is 2.22. The Balaban J connectivity index is 1.86. The van der Waals surface area contributed by atoms with E-state index in [0.29, 0.717) is 30.1 Å². The van der Waals surface area contributed by atoms with Gasteiger partial charge in [-0.2, -0.15) is 0 Å². The van der Waals surface area contributed by atoms with E-state index in [9.17, 15) is 0 Å². The third kappa shape index (κ3) is 6.12. The molecule has 146 valence electrons. The van der Waals surface area contributed by atoms with Gasteiger partial charge in [-0.15, -0.1) is 0 Å². The molecule has 0 bridgehead atoms. The molecule has 0 saturated heterocycles. The van der Waals surface area contributed by atoms with Crippen molar-refractivity contribution in [1.29, 1.82) is 0 Å². The van der Waals surface area contributed by atoms with Crippen LogP contribution in [0.5, 0.6) is 0 Å². The van der Waals surface area contributed by atoms with E-state index < -0.39 is 0 Å². The van der Waals surface area contributed by atoms with Gasteiger partial charge in [0, 0.05) is 27.6 Å². The fourth-order valence-electron chi connectivity index (χ4n) is 2.75. The Morgan fingerprint density at radius 3 is 0.964 bits per heavy atom. The van der Waals surface area contributed by atoms with Gasteiger partial charge in [0.2, 0.25) is 0 Å². The molecule has 0 nitrogen and oxygen atoms in total. The molecule has 28 heavy (non-hydrogen) atoms. The molecule has 0 amide bonds. The van der Waals surface area contributed by atoms with Crippen LogP contribution in [-0.2, 0) is 28.2 Å². The maximum absolute atomic E-state index is 6.20. The summed E-state index contributed by atoms with van der Waals surface area (Å²) in [6, 6.07) is 17.3. The van der Waals surface area contributed by atoms with Crippen LogP contribution in [0.1, 0.15) is 16.7 Å². The lowest BCUT2D eigenvalue weighted by atomic mass is 10.2. The summed E-state index contributed by atoms with van der Waals surface area (Å²) in [5.41, 5.74) is 3.41. The molecule has 0 atom stereocenters. The van der Waals surface area contributed by atoms with Crippen LogP contribution in [0.2, 0.25) is 30.1 Å². The topological polar surface area (TPSA) is 0 Å². The first-order chi connectivity index (χ1) is 13.3. The van der Waals surface area contributed by atoms with Crippen LogP contribution in [0.25, 0.3) is 0 Å². The second kappa shape index (κ2) is 10.2. The van der Waals surface area contributed by atoms with Gasteiger partial charge in [0.25, 0.3) is 0 Å². The zero-order chi connectivity index (χ0) is 20.3. The molecular formula is C21H15Cl6S+. The predicted molar refractivity (Wildman–Crippen MR) is 128 cm³/mol. The van der Waals surface area contributed by atoms with E-state index in [1.54, 1.807) is 0 Å². The number of benzene rings is 3. The van der Waals surface area contributed by atoms with Crippen molar-refractivity contribution < 1.29 is 0 Å². The number of hydrogen-bond donors (Lipinski definition) is 0. The summed E-state index contributed by atoms with van der Waals surface area (Å²) in [6.07, 6.45) is 0. The molecule has 0 aliphatic rings. The van der Waals surface area contributed by atoms with Crippen LogP contribution in [0, 0.1) is 0 Å². The molecule has 0 aliphatic heterocycles. The maximum atomic E-state index is 6.20. The summed E-state index contributed by atoms with van der Waals surface area (Å²) in [7, 11) is -0.0272. The third-order valence-corrected chi connectivity index (χ3v) is 8.51. The van der Waals surface area contributed by atoms with Crippen LogP contribution >= 0.6 is 69.6 Å². The summed E-state index contributed by atoms with van der Waals surface area (Å²) in [5, 5.41) is 3.35. The second-order valence-electron chi connectivity index (χ2n) is 6.29. The van der Waals surface area contributed by atoms with Gasteiger partial charge < -0.3 is 0 Å². The van der Waals surface area contributed by atoms with Gasteiger partial charge in [0.05, 0.1) is 30.1 Å². The fourth-order valence-corrected chi connectivity index (χ4v) is 5.97. The Kier molecular flexibility index (Phi) is 8.15. The highest BCUT2D eigenvalue weighted by atomic mass is 35.5. The maximum Gasteiger partial charge on any atom is 0.134 e. The van der Waals surface area contributed by atoms with Crippen LogP contribution in [-0.4, -0.2) is 0 Å². The van der Waals surface area contributed by atoms with E-state index in [0.717, 1.165) is 33.9 Å². The molecule has 0 fully saturated rings. The minimum atomic E-state index is -0.0272. The molecule has 0 aliphatic carbocycles. The Labute approximate surface area is 198 Å². The van der Waals surface area contributed by atoms with Crippen molar-refractivity contribution in [3.63, 3.8) is 0 Å². The first-order valence-corrected chi connectivity index (χ1v) is 12.3. The SMILES string of the molecule is Clc1ccc(C[S+](Cc2ccc(Cl)c(Cl)c2)Cc2ccc(Cl)c(Cl)c2)cc1Cl. The average Bonchev–Trinajstić information content (AvgIpc) is 2.64. The molecule has 3 aromatic rings. The van der Waals surface area contributed by atoms with Crippen LogP contribution in [0.3, 0.4) is 0 Å². The van der Waals surface area contributed by atoms with Crippen molar-refractivity contribution in [1.82, 2.24) is 0 Å². The van der Waals surface area contributed by atoms with E-state index in [1.807, 2.05) is 54.6 Å². The van der Waals surface area contributed by atoms with Crippen LogP contribution < -0.4 is 0 Å². The normalized spacial score (nSPS) is 11.2. The van der Waals surface area contributed by atoms with Crippen LogP contribution in [0.15, 0.2) is 54.6 Å². The van der Waals surface area contributed by atoms with Crippen molar-refractivity contribution in [3.8, 4) is 0 Å². The van der Waals surface area contributed by atoms with Crippen molar-refractivity contribution in [2.45, 2.75) is 17.3 Å². The van der Waals surface area contributed by atoms with E-state index in [4.69, 9.17) is 69.6 Å². The second-order valence-corrected chi connectivity index (χ2v) is 10.8. The standard InChI is InChI=1S/C21H15Cl6S/c22-16-4-1-13(7-19(16)25)10-28(11-14-2-5-17(23)20(26)8-14)12-15-3-6-18(24)21(27)9-15/h1-9H,10-12H2/q+1. The largest absolute Gasteiger partial charge is 0.134 e. The lowest BCUT2D eigenvalue weighted by Gasteiger charge is -2.12. The van der Waals surface area contributed by atoms with Gasteiger partial charge in [-0.3, -0.25) is 0 Å². The van der Waals surface area contributed by atoms with Gasteiger partial charge in [-0.1, -0.05) is 87.8 Å². The highest BCUT2D eigenvalue weighted by Crippen LogP contribution is 2.29. The van der Waals surface area contributed by atoms with E-state index in [-0.39, 0.29) is 10.9 Å². The van der Waals surface area contributed by atoms with E-state index in [1.165, 1.54) is 0 Å². The summed E-state index contributed by atoms with van der Waals surface area (Å²) in [4.78, 5) is 0. The average molecular weight is 512 g/mol. The Hall–Kier alpha value is -0.250. The van der Waals surface area contributed by atoms with E-state index in [2.05, 4.69) is 0 Å². The highest BCUT2D eigenvalue weighted by molar-refractivity contribution is 7.94. The summed E-state index contributed by atoms with van der Waals surface area (Å²) in [6.45, 7) is 0. The monoisotopic (exact) mass is 509 g/mol. The quantitative estimate of drug-likeness (QED) is 0.289. The summed E-state index contributed by atoms with van der Waals surface area (Å²) >= 11 is 36.8. The van der Waals surface area contributed by atoms with Crippen molar-refractivity contribution in [2.75, 3.05) is 0 Å². The molecule has 7 heteroatoms. The third-order valence-electron chi connectivity index (χ3n) is 4.06. The Morgan fingerprint density at radius 2 is 0.714 bits per heavy atom. The predicted octanol–water partition coefficient (Wildman–Crippen LogP) is 9.13. The first kappa shape index (κ1) is 22.4. The Morgan fingerprint density at radius 1 is 0.429 bits per heavy atom. The molecular weight excluding hydrogens is 497 g/mol. The van der Waals surface area contributed by atoms with Gasteiger partial charge >= 0.3 is 0 Å². The zero-order valence-corrected chi connectivity index (χ0v) is 19.8. The lowest BCUT2D eigenvalue weighted by Crippen LogP contribution is -2.12. The van der Waals surface area contributed by atoms with Gasteiger partial charge in [-0.05, 0) is 36.4 Å². The molecule has 0 saturated carbocycles. The van der Waals surface area contributed by atoms with Crippen molar-refractivity contribution in [2.24, 2.45) is 0 Å². The molecule has 0 heterocycles. The molecule has 0 radical (unpaired) electrons. The van der Waals surface area contributed by atoms with Crippen LogP contribution in [0.4, 0.5) is 0 Å². The number of rotatable bonds is 6. The van der Waals surface area contributed by atoms with Gasteiger partial charge in [0.1, 0.15) is 17.3 Å². The minimum Gasteiger partial charge on any atom is -0.0827 e. The number of hydrogen-bond acceptors (Lipinski definition) is 0. The lowest BCUT2D eigenvalue weighted by molar-refractivity contribution is 1.28. The number of halogens is 6. The molecule has 3 rings (SSSR count). The fraction of sp³-hybridized carbons (Fsp3) is 0.143. The van der Waals surface area contributed by atoms with E-state index >= 15 is 0 Å². The molecule has 0 spiro atoms. The summed E-state index contributed by atoms with van der Waals surface area (Å²) in [5.74, 6) is 2.58. The molecule has 0 N–H and O–H groups in total. The molecule has 0 unspecified atom stereocenters. The Bertz CT molecular complexity index is 861. The molecule has 0 aromatic heterocycles. The molecule has 3 aromatic carbocycles. The first-order valence-electron chi connectivity index (χ1n) is 8.27. The smallest absolute Gasteiger partial charge is 0.0827 e.